The van der Waals surface area contributed by atoms with Crippen LogP contribution < -0.4 is 5.73 Å². The van der Waals surface area contributed by atoms with Crippen molar-refractivity contribution in [2.75, 3.05) is 6.54 Å². The van der Waals surface area contributed by atoms with Crippen LogP contribution in [0.3, 0.4) is 0 Å². The molecule has 0 saturated heterocycles. The Morgan fingerprint density at radius 3 is 2.83 bits per heavy atom. The summed E-state index contributed by atoms with van der Waals surface area (Å²) < 4.78 is 13.2. The summed E-state index contributed by atoms with van der Waals surface area (Å²) in [4.78, 5) is 0. The molecule has 0 aliphatic rings. The number of hydrogen-bond donors (Lipinski definition) is 2. The van der Waals surface area contributed by atoms with Crippen molar-refractivity contribution < 1.29 is 9.50 Å². The maximum Gasteiger partial charge on any atom is 0.137 e. The van der Waals surface area contributed by atoms with Gasteiger partial charge in [-0.2, -0.15) is 0 Å². The van der Waals surface area contributed by atoms with Crippen LogP contribution in [0.25, 0.3) is 0 Å². The van der Waals surface area contributed by atoms with E-state index in [1.165, 1.54) is 12.1 Å². The second-order valence-corrected chi connectivity index (χ2v) is 3.19. The molecule has 2 nitrogen and oxygen atoms in total. The highest BCUT2D eigenvalue weighted by atomic mass is 79.9. The van der Waals surface area contributed by atoms with Gasteiger partial charge in [-0.05, 0) is 27.6 Å². The maximum atomic E-state index is 12.9. The molecule has 0 saturated carbocycles. The second-order valence-electron chi connectivity index (χ2n) is 2.39. The molecule has 0 bridgehead atoms. The van der Waals surface area contributed by atoms with Crippen molar-refractivity contribution in [1.82, 2.24) is 0 Å². The van der Waals surface area contributed by atoms with Gasteiger partial charge in [-0.1, -0.05) is 12.1 Å². The molecule has 0 radical (unpaired) electrons. The first kappa shape index (κ1) is 9.64. The van der Waals surface area contributed by atoms with Crippen LogP contribution in [0.1, 0.15) is 11.7 Å². The first-order valence-electron chi connectivity index (χ1n) is 3.49. The second kappa shape index (κ2) is 3.98. The summed E-state index contributed by atoms with van der Waals surface area (Å²) in [6.45, 7) is 0.0854. The SMILES string of the molecule is NC[C@H](O)c1cccc(F)c1Br. The monoisotopic (exact) mass is 233 g/mol. The van der Waals surface area contributed by atoms with Gasteiger partial charge < -0.3 is 10.8 Å². The van der Waals surface area contributed by atoms with Crippen molar-refractivity contribution in [1.29, 1.82) is 0 Å². The van der Waals surface area contributed by atoms with E-state index in [4.69, 9.17) is 5.73 Å². The molecule has 0 spiro atoms. The largest absolute Gasteiger partial charge is 0.387 e. The average molecular weight is 234 g/mol. The van der Waals surface area contributed by atoms with Crippen LogP contribution in [0.5, 0.6) is 0 Å². The minimum Gasteiger partial charge on any atom is -0.387 e. The molecule has 0 fully saturated rings. The topological polar surface area (TPSA) is 46.2 Å². The molecule has 1 atom stereocenters. The Hall–Kier alpha value is -0.450. The lowest BCUT2D eigenvalue weighted by molar-refractivity contribution is 0.185. The fraction of sp³-hybridized carbons (Fsp3) is 0.250. The lowest BCUT2D eigenvalue weighted by atomic mass is 10.1. The molecule has 1 aromatic carbocycles. The molecule has 0 heterocycles. The standard InChI is InChI=1S/C8H9BrFNO/c9-8-5(7(12)4-11)2-1-3-6(8)10/h1-3,7,12H,4,11H2/t7-/m0/s1. The molecule has 1 rings (SSSR count). The van der Waals surface area contributed by atoms with Crippen LogP contribution in [0.4, 0.5) is 4.39 Å². The van der Waals surface area contributed by atoms with Gasteiger partial charge in [0.15, 0.2) is 0 Å². The molecule has 0 aromatic heterocycles. The molecule has 0 aliphatic heterocycles. The number of halogens is 2. The van der Waals surface area contributed by atoms with E-state index in [-0.39, 0.29) is 16.8 Å². The molecule has 0 amide bonds. The quantitative estimate of drug-likeness (QED) is 0.815. The summed E-state index contributed by atoms with van der Waals surface area (Å²) in [5, 5.41) is 9.31. The van der Waals surface area contributed by atoms with Crippen LogP contribution in [0.2, 0.25) is 0 Å². The van der Waals surface area contributed by atoms with E-state index in [9.17, 15) is 9.50 Å². The van der Waals surface area contributed by atoms with Crippen molar-refractivity contribution in [3.8, 4) is 0 Å². The minimum absolute atomic E-state index is 0.0854. The molecule has 12 heavy (non-hydrogen) atoms. The summed E-state index contributed by atoms with van der Waals surface area (Å²) in [6.07, 6.45) is -0.810. The molecule has 4 heteroatoms. The van der Waals surface area contributed by atoms with Gasteiger partial charge in [-0.25, -0.2) is 4.39 Å². The molecule has 3 N–H and O–H groups in total. The van der Waals surface area contributed by atoms with Gasteiger partial charge in [-0.3, -0.25) is 0 Å². The van der Waals surface area contributed by atoms with Gasteiger partial charge in [0.1, 0.15) is 5.82 Å². The Kier molecular flexibility index (Phi) is 3.20. The normalized spacial score (nSPS) is 13.0. The summed E-state index contributed by atoms with van der Waals surface area (Å²) in [5.74, 6) is -0.389. The zero-order valence-corrected chi connectivity index (χ0v) is 7.88. The van der Waals surface area contributed by atoms with Crippen molar-refractivity contribution in [3.05, 3.63) is 34.1 Å². The number of hydrogen-bond acceptors (Lipinski definition) is 2. The predicted molar refractivity (Wildman–Crippen MR) is 48.1 cm³/mol. The predicted octanol–water partition coefficient (Wildman–Crippen LogP) is 1.58. The Labute approximate surface area is 78.3 Å². The smallest absolute Gasteiger partial charge is 0.137 e. The van der Waals surface area contributed by atoms with Crippen LogP contribution in [-0.4, -0.2) is 11.7 Å². The van der Waals surface area contributed by atoms with Crippen molar-refractivity contribution >= 4 is 15.9 Å². The lowest BCUT2D eigenvalue weighted by Gasteiger charge is -2.09. The first-order valence-corrected chi connectivity index (χ1v) is 4.28. The van der Waals surface area contributed by atoms with E-state index >= 15 is 0 Å². The van der Waals surface area contributed by atoms with Gasteiger partial charge in [-0.15, -0.1) is 0 Å². The van der Waals surface area contributed by atoms with E-state index in [1.807, 2.05) is 0 Å². The summed E-state index contributed by atoms with van der Waals surface area (Å²) >= 11 is 3.03. The maximum absolute atomic E-state index is 12.9. The Bertz CT molecular complexity index is 280. The average Bonchev–Trinajstić information content (AvgIpc) is 2.08. The number of nitrogens with two attached hydrogens (primary N) is 1. The summed E-state index contributed by atoms with van der Waals surface area (Å²) in [5.41, 5.74) is 5.71. The zero-order chi connectivity index (χ0) is 9.14. The van der Waals surface area contributed by atoms with Crippen LogP contribution >= 0.6 is 15.9 Å². The van der Waals surface area contributed by atoms with Crippen molar-refractivity contribution in [2.45, 2.75) is 6.10 Å². The van der Waals surface area contributed by atoms with Gasteiger partial charge in [0, 0.05) is 6.54 Å². The van der Waals surface area contributed by atoms with Crippen LogP contribution in [0.15, 0.2) is 22.7 Å². The molecule has 1 aromatic rings. The highest BCUT2D eigenvalue weighted by Crippen LogP contribution is 2.25. The molecule has 0 unspecified atom stereocenters. The fourth-order valence-electron chi connectivity index (χ4n) is 0.905. The number of aliphatic hydroxyl groups is 1. The third-order valence-electron chi connectivity index (χ3n) is 1.56. The van der Waals surface area contributed by atoms with E-state index in [0.717, 1.165) is 0 Å². The fourth-order valence-corrected chi connectivity index (χ4v) is 1.43. The third-order valence-corrected chi connectivity index (χ3v) is 2.40. The Balaban J connectivity index is 3.07. The van der Waals surface area contributed by atoms with Gasteiger partial charge in [0.2, 0.25) is 0 Å². The summed E-state index contributed by atoms with van der Waals surface area (Å²) in [7, 11) is 0. The number of aliphatic hydroxyl groups excluding tert-OH is 1. The minimum atomic E-state index is -0.810. The van der Waals surface area contributed by atoms with Crippen LogP contribution in [-0.2, 0) is 0 Å². The highest BCUT2D eigenvalue weighted by molar-refractivity contribution is 9.10. The zero-order valence-electron chi connectivity index (χ0n) is 6.30. The number of rotatable bonds is 2. The van der Waals surface area contributed by atoms with Gasteiger partial charge >= 0.3 is 0 Å². The first-order chi connectivity index (χ1) is 5.66. The lowest BCUT2D eigenvalue weighted by Crippen LogP contribution is -2.12. The molecule has 0 aliphatic carbocycles. The molecule has 66 valence electrons. The van der Waals surface area contributed by atoms with Crippen molar-refractivity contribution in [2.24, 2.45) is 5.73 Å². The van der Waals surface area contributed by atoms with E-state index in [2.05, 4.69) is 15.9 Å². The Morgan fingerprint density at radius 2 is 2.25 bits per heavy atom. The van der Waals surface area contributed by atoms with Gasteiger partial charge in [0.25, 0.3) is 0 Å². The highest BCUT2D eigenvalue weighted by Gasteiger charge is 2.11. The van der Waals surface area contributed by atoms with Gasteiger partial charge in [0.05, 0.1) is 10.6 Å². The summed E-state index contributed by atoms with van der Waals surface area (Å²) in [6, 6.07) is 4.48. The Morgan fingerprint density at radius 1 is 1.58 bits per heavy atom. The third kappa shape index (κ3) is 1.83. The molecular weight excluding hydrogens is 225 g/mol. The van der Waals surface area contributed by atoms with E-state index in [0.29, 0.717) is 5.56 Å². The van der Waals surface area contributed by atoms with Crippen molar-refractivity contribution in [3.63, 3.8) is 0 Å². The molecular formula is C8H9BrFNO. The number of benzene rings is 1. The van der Waals surface area contributed by atoms with E-state index in [1.54, 1.807) is 6.07 Å². The van der Waals surface area contributed by atoms with E-state index < -0.39 is 6.10 Å². The van der Waals surface area contributed by atoms with Crippen LogP contribution in [0, 0.1) is 5.82 Å².